The maximum absolute atomic E-state index is 10.6. The van der Waals surface area contributed by atoms with Crippen molar-refractivity contribution in [2.75, 3.05) is 5.01 Å². The van der Waals surface area contributed by atoms with Gasteiger partial charge in [0, 0.05) is 0 Å². The number of nitroso groups, excluding NO2 is 1. The van der Waals surface area contributed by atoms with Gasteiger partial charge in [0.1, 0.15) is 0 Å². The van der Waals surface area contributed by atoms with Gasteiger partial charge in [-0.15, -0.1) is 4.91 Å². The zero-order chi connectivity index (χ0) is 10.1. The van der Waals surface area contributed by atoms with E-state index in [1.807, 2.05) is 24.3 Å². The van der Waals surface area contributed by atoms with E-state index in [0.29, 0.717) is 6.42 Å². The molecule has 0 saturated heterocycles. The first-order chi connectivity index (χ1) is 6.74. The lowest BCUT2D eigenvalue weighted by Gasteiger charge is -2.20. The molecule has 0 fully saturated rings. The first kappa shape index (κ1) is 9.15. The van der Waals surface area contributed by atoms with Crippen LogP contribution in [-0.4, -0.2) is 17.3 Å². The van der Waals surface area contributed by atoms with E-state index < -0.39 is 6.10 Å². The van der Waals surface area contributed by atoms with Gasteiger partial charge in [-0.2, -0.15) is 0 Å². The van der Waals surface area contributed by atoms with E-state index in [2.05, 4.69) is 5.29 Å². The Hall–Kier alpha value is -1.42. The fourth-order valence-corrected chi connectivity index (χ4v) is 1.88. The molecule has 2 atom stereocenters. The molecule has 2 rings (SSSR count). The largest absolute Gasteiger partial charge is 0.391 e. The van der Waals surface area contributed by atoms with Gasteiger partial charge < -0.3 is 5.11 Å². The maximum atomic E-state index is 10.6. The number of nitrogens with zero attached hydrogens (tertiary/aromatic N) is 2. The molecule has 1 heterocycles. The summed E-state index contributed by atoms with van der Waals surface area (Å²) in [6, 6.07) is 7.37. The lowest BCUT2D eigenvalue weighted by Crippen LogP contribution is -2.36. The minimum absolute atomic E-state index is 0.218. The van der Waals surface area contributed by atoms with Crippen LogP contribution in [0.3, 0.4) is 0 Å². The Bertz CT molecular complexity index is 352. The van der Waals surface area contributed by atoms with Gasteiger partial charge in [0.15, 0.2) is 0 Å². The first-order valence-corrected chi connectivity index (χ1v) is 4.62. The van der Waals surface area contributed by atoms with Crippen molar-refractivity contribution in [2.24, 2.45) is 5.29 Å². The van der Waals surface area contributed by atoms with Gasteiger partial charge in [0.05, 0.1) is 23.1 Å². The zero-order valence-electron chi connectivity index (χ0n) is 7.92. The molecule has 4 nitrogen and oxygen atoms in total. The summed E-state index contributed by atoms with van der Waals surface area (Å²) in [4.78, 5) is 10.6. The van der Waals surface area contributed by atoms with E-state index in [1.54, 1.807) is 6.92 Å². The molecule has 1 aromatic rings. The van der Waals surface area contributed by atoms with Crippen LogP contribution in [0.5, 0.6) is 0 Å². The molecule has 4 heteroatoms. The van der Waals surface area contributed by atoms with Crippen molar-refractivity contribution in [3.05, 3.63) is 34.7 Å². The van der Waals surface area contributed by atoms with Crippen LogP contribution < -0.4 is 5.01 Å². The minimum atomic E-state index is -0.555. The van der Waals surface area contributed by atoms with E-state index >= 15 is 0 Å². The highest BCUT2D eigenvalue weighted by Gasteiger charge is 2.33. The summed E-state index contributed by atoms with van der Waals surface area (Å²) in [7, 11) is 0. The van der Waals surface area contributed by atoms with E-state index in [1.165, 1.54) is 5.01 Å². The van der Waals surface area contributed by atoms with Gasteiger partial charge in [0.25, 0.3) is 0 Å². The van der Waals surface area contributed by atoms with Crippen molar-refractivity contribution in [3.63, 3.8) is 0 Å². The number of benzene rings is 1. The number of rotatable bonds is 2. The van der Waals surface area contributed by atoms with E-state index in [9.17, 15) is 10.0 Å². The van der Waals surface area contributed by atoms with Crippen molar-refractivity contribution in [2.45, 2.75) is 25.5 Å². The number of aliphatic hydroxyl groups is 1. The number of fused-ring (bicyclic) bond motifs is 1. The molecule has 14 heavy (non-hydrogen) atoms. The standard InChI is InChI=1S/C10H12N2O2/c1-7(13)10-6-8-4-2-3-5-9(8)12(10)11-14/h2-5,7,10,13H,6H2,1H3/t7-,10-/m0/s1. The SMILES string of the molecule is C[C@H](O)[C@@H]1Cc2ccccc2N1N=O. The second-order valence-corrected chi connectivity index (χ2v) is 3.57. The third-order valence-electron chi connectivity index (χ3n) is 2.63. The Labute approximate surface area is 82.1 Å². The minimum Gasteiger partial charge on any atom is -0.391 e. The van der Waals surface area contributed by atoms with Crippen LogP contribution in [0.1, 0.15) is 12.5 Å². The van der Waals surface area contributed by atoms with Crippen LogP contribution in [0.15, 0.2) is 29.6 Å². The fraction of sp³-hybridized carbons (Fsp3) is 0.400. The Kier molecular flexibility index (Phi) is 2.21. The lowest BCUT2D eigenvalue weighted by atomic mass is 10.1. The normalized spacial score (nSPS) is 21.9. The quantitative estimate of drug-likeness (QED) is 0.722. The summed E-state index contributed by atoms with van der Waals surface area (Å²) in [5.74, 6) is 0. The van der Waals surface area contributed by atoms with Crippen molar-refractivity contribution >= 4 is 5.69 Å². The lowest BCUT2D eigenvalue weighted by molar-refractivity contribution is 0.162. The molecule has 74 valence electrons. The molecule has 0 aliphatic carbocycles. The predicted molar refractivity (Wildman–Crippen MR) is 53.9 cm³/mol. The summed E-state index contributed by atoms with van der Waals surface area (Å²) in [6.45, 7) is 1.68. The molecule has 0 spiro atoms. The predicted octanol–water partition coefficient (Wildman–Crippen LogP) is 1.48. The molecule has 0 bridgehead atoms. The van der Waals surface area contributed by atoms with Crippen LogP contribution in [0, 0.1) is 4.91 Å². The van der Waals surface area contributed by atoms with Crippen LogP contribution in [-0.2, 0) is 6.42 Å². The van der Waals surface area contributed by atoms with Crippen molar-refractivity contribution in [1.82, 2.24) is 0 Å². The number of hydrogen-bond donors (Lipinski definition) is 1. The maximum Gasteiger partial charge on any atom is 0.0855 e. The second-order valence-electron chi connectivity index (χ2n) is 3.57. The summed E-state index contributed by atoms with van der Waals surface area (Å²) in [5.41, 5.74) is 1.88. The number of para-hydroxylation sites is 1. The highest BCUT2D eigenvalue weighted by atomic mass is 16.3. The number of aliphatic hydroxyl groups excluding tert-OH is 1. The summed E-state index contributed by atoms with van der Waals surface area (Å²) in [5, 5.41) is 13.8. The molecule has 1 N–H and O–H groups in total. The Morgan fingerprint density at radius 3 is 2.93 bits per heavy atom. The topological polar surface area (TPSA) is 52.9 Å². The molecule has 1 aliphatic rings. The average Bonchev–Trinajstić information content (AvgIpc) is 2.56. The Balaban J connectivity index is 2.38. The first-order valence-electron chi connectivity index (χ1n) is 4.62. The Morgan fingerprint density at radius 2 is 2.29 bits per heavy atom. The molecule has 0 amide bonds. The van der Waals surface area contributed by atoms with Gasteiger partial charge in [0.2, 0.25) is 0 Å². The van der Waals surface area contributed by atoms with Gasteiger partial charge in [-0.05, 0) is 25.0 Å². The molecule has 1 aromatic carbocycles. The zero-order valence-corrected chi connectivity index (χ0v) is 7.92. The van der Waals surface area contributed by atoms with E-state index in [4.69, 9.17) is 0 Å². The van der Waals surface area contributed by atoms with Gasteiger partial charge in [-0.3, -0.25) is 0 Å². The molecule has 0 unspecified atom stereocenters. The monoisotopic (exact) mass is 192 g/mol. The van der Waals surface area contributed by atoms with Gasteiger partial charge >= 0.3 is 0 Å². The van der Waals surface area contributed by atoms with E-state index in [-0.39, 0.29) is 6.04 Å². The van der Waals surface area contributed by atoms with Gasteiger partial charge in [-0.25, -0.2) is 5.01 Å². The highest BCUT2D eigenvalue weighted by Crippen LogP contribution is 2.33. The van der Waals surface area contributed by atoms with Crippen molar-refractivity contribution < 1.29 is 5.11 Å². The van der Waals surface area contributed by atoms with Crippen LogP contribution in [0.4, 0.5) is 5.69 Å². The van der Waals surface area contributed by atoms with Crippen LogP contribution >= 0.6 is 0 Å². The summed E-state index contributed by atoms with van der Waals surface area (Å²) in [6.07, 6.45) is 0.125. The van der Waals surface area contributed by atoms with Crippen LogP contribution in [0.25, 0.3) is 0 Å². The fourth-order valence-electron chi connectivity index (χ4n) is 1.88. The third kappa shape index (κ3) is 1.28. The third-order valence-corrected chi connectivity index (χ3v) is 2.63. The molecular formula is C10H12N2O2. The number of anilines is 1. The molecule has 0 aromatic heterocycles. The Morgan fingerprint density at radius 1 is 1.57 bits per heavy atom. The summed E-state index contributed by atoms with van der Waals surface area (Å²) < 4.78 is 0. The highest BCUT2D eigenvalue weighted by molar-refractivity contribution is 5.58. The van der Waals surface area contributed by atoms with Crippen molar-refractivity contribution in [3.8, 4) is 0 Å². The number of hydrogen-bond acceptors (Lipinski definition) is 3. The second kappa shape index (κ2) is 3.38. The smallest absolute Gasteiger partial charge is 0.0855 e. The molecule has 0 radical (unpaired) electrons. The molecule has 1 aliphatic heterocycles. The molecule has 0 saturated carbocycles. The van der Waals surface area contributed by atoms with Crippen molar-refractivity contribution in [1.29, 1.82) is 0 Å². The molecular weight excluding hydrogens is 180 g/mol. The van der Waals surface area contributed by atoms with Crippen LogP contribution in [0.2, 0.25) is 0 Å². The average molecular weight is 192 g/mol. The summed E-state index contributed by atoms with van der Waals surface area (Å²) >= 11 is 0. The van der Waals surface area contributed by atoms with E-state index in [0.717, 1.165) is 11.3 Å². The van der Waals surface area contributed by atoms with Gasteiger partial charge in [-0.1, -0.05) is 18.2 Å².